The number of hydrogen-bond acceptors (Lipinski definition) is 0. The minimum Gasteiger partial charge on any atom is -0.355 e. The van der Waals surface area contributed by atoms with Crippen molar-refractivity contribution in [3.05, 3.63) is 58.6 Å². The predicted octanol–water partition coefficient (Wildman–Crippen LogP) is 5.72. The van der Waals surface area contributed by atoms with Gasteiger partial charge in [0, 0.05) is 21.1 Å². The lowest BCUT2D eigenvalue weighted by molar-refractivity contribution is 0.869. The first-order chi connectivity index (χ1) is 9.13. The molecule has 0 radical (unpaired) electrons. The molecule has 2 aromatic carbocycles. The minimum atomic E-state index is 0.564. The van der Waals surface area contributed by atoms with E-state index in [4.69, 9.17) is 0 Å². The van der Waals surface area contributed by atoms with Gasteiger partial charge in [0.2, 0.25) is 0 Å². The van der Waals surface area contributed by atoms with E-state index in [-0.39, 0.29) is 0 Å². The second kappa shape index (κ2) is 4.86. The molecule has 0 fully saturated rings. The number of hydrogen-bond donors (Lipinski definition) is 1. The van der Waals surface area contributed by atoms with Crippen LogP contribution in [0, 0.1) is 0 Å². The molecule has 3 rings (SSSR count). The average molecular weight is 314 g/mol. The largest absolute Gasteiger partial charge is 0.355 e. The van der Waals surface area contributed by atoms with E-state index in [2.05, 4.69) is 77.2 Å². The van der Waals surface area contributed by atoms with Gasteiger partial charge in [0.1, 0.15) is 0 Å². The van der Waals surface area contributed by atoms with Crippen molar-refractivity contribution < 1.29 is 0 Å². The Morgan fingerprint density at radius 1 is 1.00 bits per heavy atom. The van der Waals surface area contributed by atoms with Crippen molar-refractivity contribution in [2.24, 2.45) is 0 Å². The Kier molecular flexibility index (Phi) is 3.19. The molecule has 0 aliphatic heterocycles. The highest BCUT2D eigenvalue weighted by molar-refractivity contribution is 9.10. The lowest BCUT2D eigenvalue weighted by atomic mass is 10.0. The van der Waals surface area contributed by atoms with Crippen LogP contribution in [0.1, 0.15) is 25.3 Å². The number of benzene rings is 2. The summed E-state index contributed by atoms with van der Waals surface area (Å²) in [6.45, 7) is 4.45. The predicted molar refractivity (Wildman–Crippen MR) is 85.5 cm³/mol. The summed E-state index contributed by atoms with van der Waals surface area (Å²) in [6, 6.07) is 17.2. The number of nitrogens with one attached hydrogen (secondary N) is 1. The average Bonchev–Trinajstić information content (AvgIpc) is 2.81. The molecule has 3 aromatic rings. The molecule has 19 heavy (non-hydrogen) atoms. The Bertz CT molecular complexity index is 725. The third-order valence-corrected chi connectivity index (χ3v) is 3.94. The van der Waals surface area contributed by atoms with Gasteiger partial charge in [-0.1, -0.05) is 48.0 Å². The second-order valence-corrected chi connectivity index (χ2v) is 6.11. The van der Waals surface area contributed by atoms with Crippen molar-refractivity contribution in [2.75, 3.05) is 0 Å². The highest BCUT2D eigenvalue weighted by Gasteiger charge is 2.06. The van der Waals surface area contributed by atoms with Crippen LogP contribution >= 0.6 is 15.9 Å². The molecule has 2 heteroatoms. The van der Waals surface area contributed by atoms with Crippen LogP contribution in [-0.2, 0) is 0 Å². The van der Waals surface area contributed by atoms with Gasteiger partial charge in [0.05, 0.1) is 0 Å². The van der Waals surface area contributed by atoms with Crippen molar-refractivity contribution in [3.8, 4) is 11.3 Å². The van der Waals surface area contributed by atoms with Crippen LogP contribution in [0.15, 0.2) is 53.0 Å². The van der Waals surface area contributed by atoms with Crippen molar-refractivity contribution >= 4 is 26.8 Å². The van der Waals surface area contributed by atoms with E-state index in [0.717, 1.165) is 10.2 Å². The van der Waals surface area contributed by atoms with Gasteiger partial charge in [0.15, 0.2) is 0 Å². The maximum atomic E-state index is 3.52. The summed E-state index contributed by atoms with van der Waals surface area (Å²) < 4.78 is 1.10. The molecule has 1 heterocycles. The maximum absolute atomic E-state index is 3.52. The van der Waals surface area contributed by atoms with E-state index < -0.39 is 0 Å². The zero-order chi connectivity index (χ0) is 13.4. The van der Waals surface area contributed by atoms with Gasteiger partial charge in [-0.25, -0.2) is 0 Å². The molecule has 0 saturated carbocycles. The molecule has 1 aromatic heterocycles. The third-order valence-electron chi connectivity index (χ3n) is 3.45. The van der Waals surface area contributed by atoms with E-state index in [9.17, 15) is 0 Å². The lowest BCUT2D eigenvalue weighted by Gasteiger charge is -2.03. The summed E-state index contributed by atoms with van der Waals surface area (Å²) in [5.41, 5.74) is 4.94. The maximum Gasteiger partial charge on any atom is 0.0465 e. The molecule has 0 atom stereocenters. The third kappa shape index (κ3) is 2.45. The SMILES string of the molecule is CC(C)c1ccc2[nH]c(-c3cccc(Br)c3)cc2c1. The molecule has 1 N–H and O–H groups in total. The number of halogens is 1. The van der Waals surface area contributed by atoms with Crippen LogP contribution in [0.5, 0.6) is 0 Å². The number of aromatic amines is 1. The fraction of sp³-hybridized carbons (Fsp3) is 0.176. The van der Waals surface area contributed by atoms with Gasteiger partial charge in [-0.05, 0) is 47.4 Å². The van der Waals surface area contributed by atoms with Gasteiger partial charge < -0.3 is 4.98 Å². The van der Waals surface area contributed by atoms with E-state index in [1.165, 1.54) is 22.0 Å². The van der Waals surface area contributed by atoms with Gasteiger partial charge >= 0.3 is 0 Å². The number of fused-ring (bicyclic) bond motifs is 1. The minimum absolute atomic E-state index is 0.564. The van der Waals surface area contributed by atoms with Crippen LogP contribution in [0.25, 0.3) is 22.2 Å². The summed E-state index contributed by atoms with van der Waals surface area (Å²) >= 11 is 3.52. The monoisotopic (exact) mass is 313 g/mol. The molecular weight excluding hydrogens is 298 g/mol. The first kappa shape index (κ1) is 12.5. The van der Waals surface area contributed by atoms with Gasteiger partial charge in [-0.15, -0.1) is 0 Å². The smallest absolute Gasteiger partial charge is 0.0465 e. The van der Waals surface area contributed by atoms with Crippen molar-refractivity contribution in [3.63, 3.8) is 0 Å². The molecule has 0 unspecified atom stereocenters. The number of H-pyrrole nitrogens is 1. The summed E-state index contributed by atoms with van der Waals surface area (Å²) in [5.74, 6) is 0.564. The molecule has 0 bridgehead atoms. The van der Waals surface area contributed by atoms with E-state index in [0.29, 0.717) is 5.92 Å². The van der Waals surface area contributed by atoms with Crippen molar-refractivity contribution in [2.45, 2.75) is 19.8 Å². The quantitative estimate of drug-likeness (QED) is 0.622. The Labute approximate surface area is 121 Å². The van der Waals surface area contributed by atoms with E-state index in [1.807, 2.05) is 6.07 Å². The molecule has 1 nitrogen and oxygen atoms in total. The Morgan fingerprint density at radius 3 is 2.58 bits per heavy atom. The molecule has 0 aliphatic carbocycles. The summed E-state index contributed by atoms with van der Waals surface area (Å²) in [5, 5.41) is 1.28. The number of aromatic nitrogens is 1. The van der Waals surface area contributed by atoms with Crippen molar-refractivity contribution in [1.82, 2.24) is 4.98 Å². The van der Waals surface area contributed by atoms with E-state index >= 15 is 0 Å². The van der Waals surface area contributed by atoms with Crippen molar-refractivity contribution in [1.29, 1.82) is 0 Å². The van der Waals surface area contributed by atoms with Crippen LogP contribution in [-0.4, -0.2) is 4.98 Å². The Morgan fingerprint density at radius 2 is 1.84 bits per heavy atom. The fourth-order valence-corrected chi connectivity index (χ4v) is 2.72. The normalized spacial score (nSPS) is 11.4. The van der Waals surface area contributed by atoms with Gasteiger partial charge in [-0.2, -0.15) is 0 Å². The van der Waals surface area contributed by atoms with Gasteiger partial charge in [0.25, 0.3) is 0 Å². The fourth-order valence-electron chi connectivity index (χ4n) is 2.32. The molecule has 96 valence electrons. The summed E-state index contributed by atoms with van der Waals surface area (Å²) in [7, 11) is 0. The number of rotatable bonds is 2. The zero-order valence-corrected chi connectivity index (χ0v) is 12.7. The van der Waals surface area contributed by atoms with Crippen LogP contribution < -0.4 is 0 Å². The highest BCUT2D eigenvalue weighted by atomic mass is 79.9. The molecule has 0 amide bonds. The topological polar surface area (TPSA) is 15.8 Å². The molecule has 0 saturated heterocycles. The van der Waals surface area contributed by atoms with Crippen LogP contribution in [0.2, 0.25) is 0 Å². The first-order valence-electron chi connectivity index (χ1n) is 6.52. The highest BCUT2D eigenvalue weighted by Crippen LogP contribution is 2.28. The molecular formula is C17H16BrN. The molecule has 0 spiro atoms. The first-order valence-corrected chi connectivity index (χ1v) is 7.31. The van der Waals surface area contributed by atoms with Crippen LogP contribution in [0.4, 0.5) is 0 Å². The summed E-state index contributed by atoms with van der Waals surface area (Å²) in [6.07, 6.45) is 0. The summed E-state index contributed by atoms with van der Waals surface area (Å²) in [4.78, 5) is 3.48. The van der Waals surface area contributed by atoms with E-state index in [1.54, 1.807) is 0 Å². The standard InChI is InChI=1S/C17H16BrN/c1-11(2)12-6-7-16-14(8-12)10-17(19-16)13-4-3-5-15(18)9-13/h3-11,19H,1-2H3. The second-order valence-electron chi connectivity index (χ2n) is 5.19. The lowest BCUT2D eigenvalue weighted by Crippen LogP contribution is -1.85. The van der Waals surface area contributed by atoms with Crippen LogP contribution in [0.3, 0.4) is 0 Å². The Hall–Kier alpha value is -1.54. The molecule has 0 aliphatic rings. The zero-order valence-electron chi connectivity index (χ0n) is 11.1. The Balaban J connectivity index is 2.11. The van der Waals surface area contributed by atoms with Gasteiger partial charge in [-0.3, -0.25) is 0 Å².